The maximum Gasteiger partial charge on any atom is 0.265 e. The van der Waals surface area contributed by atoms with E-state index in [1.54, 1.807) is 0 Å². The second-order valence-corrected chi connectivity index (χ2v) is 6.40. The molecule has 0 bridgehead atoms. The third-order valence-electron chi connectivity index (χ3n) is 5.05. The Morgan fingerprint density at radius 3 is 2.48 bits per heavy atom. The lowest BCUT2D eigenvalue weighted by atomic mass is 10.00. The van der Waals surface area contributed by atoms with Gasteiger partial charge in [0, 0.05) is 6.07 Å². The summed E-state index contributed by atoms with van der Waals surface area (Å²) in [5.74, 6) is -0.0685. The predicted octanol–water partition coefficient (Wildman–Crippen LogP) is 1.47. The second kappa shape index (κ2) is 5.59. The molecule has 0 N–H and O–H groups in total. The van der Waals surface area contributed by atoms with E-state index in [0.717, 1.165) is 17.4 Å². The Kier molecular flexibility index (Phi) is 3.49. The van der Waals surface area contributed by atoms with Crippen LogP contribution < -0.4 is 14.5 Å². The van der Waals surface area contributed by atoms with Crippen molar-refractivity contribution in [1.29, 1.82) is 0 Å². The average molecular weight is 342 g/mol. The highest BCUT2D eigenvalue weighted by atomic mass is 19.1. The number of halogens is 1. The number of ether oxygens (including phenoxy) is 1. The van der Waals surface area contributed by atoms with Crippen molar-refractivity contribution in [2.24, 2.45) is 11.8 Å². The molecule has 2 heterocycles. The van der Waals surface area contributed by atoms with Gasteiger partial charge >= 0.3 is 0 Å². The summed E-state index contributed by atoms with van der Waals surface area (Å²) < 4.78 is 19.8. The van der Waals surface area contributed by atoms with Crippen molar-refractivity contribution in [2.45, 2.75) is 19.3 Å². The number of rotatable bonds is 2. The van der Waals surface area contributed by atoms with E-state index in [1.807, 2.05) is 0 Å². The van der Waals surface area contributed by atoms with Gasteiger partial charge in [0.15, 0.2) is 12.4 Å². The first-order valence-electron chi connectivity index (χ1n) is 8.11. The Bertz CT molecular complexity index is 822. The highest BCUT2D eigenvalue weighted by molar-refractivity contribution is 6.22. The van der Waals surface area contributed by atoms with Gasteiger partial charge in [-0.05, 0) is 18.9 Å². The molecule has 7 heteroatoms. The molecule has 0 radical (unpaired) electrons. The molecule has 2 unspecified atom stereocenters. The quantitative estimate of drug-likeness (QED) is 0.603. The maximum atomic E-state index is 14.6. The zero-order valence-electron chi connectivity index (χ0n) is 13.3. The maximum absolute atomic E-state index is 14.6. The molecule has 25 heavy (non-hydrogen) atoms. The van der Waals surface area contributed by atoms with Gasteiger partial charge in [0.2, 0.25) is 11.8 Å². The van der Waals surface area contributed by atoms with Crippen LogP contribution in [-0.2, 0) is 14.4 Å². The molecule has 0 spiro atoms. The van der Waals surface area contributed by atoms with E-state index in [1.165, 1.54) is 11.0 Å². The number of imide groups is 1. The van der Waals surface area contributed by atoms with Gasteiger partial charge in [0.05, 0.1) is 29.8 Å². The minimum absolute atomic E-state index is 0.00654. The minimum atomic E-state index is -0.740. The first-order chi connectivity index (χ1) is 12.0. The number of benzene rings is 1. The van der Waals surface area contributed by atoms with Crippen LogP contribution in [-0.4, -0.2) is 30.9 Å². The average Bonchev–Trinajstić information content (AvgIpc) is 3.15. The van der Waals surface area contributed by atoms with Crippen LogP contribution in [0.15, 0.2) is 12.1 Å². The topological polar surface area (TPSA) is 66.9 Å². The van der Waals surface area contributed by atoms with Crippen LogP contribution >= 0.6 is 0 Å². The Balaban J connectivity index is 1.79. The van der Waals surface area contributed by atoms with Gasteiger partial charge in [-0.2, -0.15) is 0 Å². The van der Waals surface area contributed by atoms with Gasteiger partial charge in [-0.15, -0.1) is 6.42 Å². The van der Waals surface area contributed by atoms with Crippen LogP contribution in [0.1, 0.15) is 19.3 Å². The Labute approximate surface area is 143 Å². The van der Waals surface area contributed by atoms with Crippen LogP contribution in [0.25, 0.3) is 0 Å². The smallest absolute Gasteiger partial charge is 0.265 e. The molecule has 4 rings (SSSR count). The Morgan fingerprint density at radius 1 is 1.16 bits per heavy atom. The number of hydrogen-bond acceptors (Lipinski definition) is 4. The summed E-state index contributed by atoms with van der Waals surface area (Å²) in [6, 6.07) is 2.39. The SMILES string of the molecule is C#CCN1C(=O)COc2cc(F)c(N3C(=O)C4CCCC4C3=O)cc21. The lowest BCUT2D eigenvalue weighted by molar-refractivity contribution is -0.123. The number of anilines is 2. The van der Waals surface area contributed by atoms with E-state index in [2.05, 4.69) is 5.92 Å². The van der Waals surface area contributed by atoms with Gasteiger partial charge in [0.1, 0.15) is 5.75 Å². The number of carbonyl (C=O) groups is 3. The summed E-state index contributed by atoms with van der Waals surface area (Å²) in [5, 5.41) is 0. The van der Waals surface area contributed by atoms with Gasteiger partial charge < -0.3 is 4.74 Å². The standard InChI is InChI=1S/C18H15FN2O4/c1-2-6-20-14-8-13(12(19)7-15(14)25-9-16(20)22)21-17(23)10-4-3-5-11(10)18(21)24/h1,7-8,10-11H,3-6,9H2. The van der Waals surface area contributed by atoms with Crippen LogP contribution in [0, 0.1) is 30.0 Å². The molecular weight excluding hydrogens is 327 g/mol. The van der Waals surface area contributed by atoms with Gasteiger partial charge in [-0.1, -0.05) is 12.3 Å². The van der Waals surface area contributed by atoms with Crippen molar-refractivity contribution >= 4 is 29.1 Å². The zero-order chi connectivity index (χ0) is 17.7. The molecule has 2 fully saturated rings. The number of carbonyl (C=O) groups excluding carboxylic acids is 3. The molecule has 1 aliphatic carbocycles. The number of fused-ring (bicyclic) bond motifs is 2. The van der Waals surface area contributed by atoms with Crippen LogP contribution in [0.5, 0.6) is 5.75 Å². The molecule has 1 aromatic carbocycles. The molecule has 2 atom stereocenters. The van der Waals surface area contributed by atoms with Crippen molar-refractivity contribution in [3.63, 3.8) is 0 Å². The van der Waals surface area contributed by atoms with E-state index in [-0.39, 0.29) is 59.8 Å². The van der Waals surface area contributed by atoms with Crippen LogP contribution in [0.3, 0.4) is 0 Å². The molecule has 1 saturated heterocycles. The molecular formula is C18H15FN2O4. The number of amides is 3. The van der Waals surface area contributed by atoms with Crippen molar-refractivity contribution in [2.75, 3.05) is 23.0 Å². The number of hydrogen-bond donors (Lipinski definition) is 0. The molecule has 1 aromatic rings. The molecule has 1 saturated carbocycles. The van der Waals surface area contributed by atoms with Crippen LogP contribution in [0.4, 0.5) is 15.8 Å². The normalized spacial score (nSPS) is 24.9. The summed E-state index contributed by atoms with van der Waals surface area (Å²) in [7, 11) is 0. The lowest BCUT2D eigenvalue weighted by Crippen LogP contribution is -2.39. The summed E-state index contributed by atoms with van der Waals surface area (Å²) in [5.41, 5.74) is 0.117. The number of terminal acetylenes is 1. The summed E-state index contributed by atoms with van der Waals surface area (Å²) in [6.07, 6.45) is 7.41. The molecule has 6 nitrogen and oxygen atoms in total. The molecule has 128 valence electrons. The van der Waals surface area contributed by atoms with E-state index >= 15 is 0 Å². The molecule has 0 aromatic heterocycles. The fraction of sp³-hybridized carbons (Fsp3) is 0.389. The highest BCUT2D eigenvalue weighted by Gasteiger charge is 2.51. The fourth-order valence-corrected chi connectivity index (χ4v) is 3.88. The molecule has 2 aliphatic heterocycles. The lowest BCUT2D eigenvalue weighted by Gasteiger charge is -2.29. The Hall–Kier alpha value is -2.88. The molecule has 3 aliphatic rings. The van der Waals surface area contributed by atoms with E-state index in [0.29, 0.717) is 12.8 Å². The first kappa shape index (κ1) is 15.6. The van der Waals surface area contributed by atoms with Gasteiger partial charge in [0.25, 0.3) is 5.91 Å². The summed E-state index contributed by atoms with van der Waals surface area (Å²) >= 11 is 0. The minimum Gasteiger partial charge on any atom is -0.481 e. The summed E-state index contributed by atoms with van der Waals surface area (Å²) in [4.78, 5) is 39.4. The van der Waals surface area contributed by atoms with Gasteiger partial charge in [-0.3, -0.25) is 19.3 Å². The summed E-state index contributed by atoms with van der Waals surface area (Å²) in [6.45, 7) is -0.243. The third kappa shape index (κ3) is 2.21. The first-order valence-corrected chi connectivity index (χ1v) is 8.11. The molecule has 3 amide bonds. The van der Waals surface area contributed by atoms with Crippen molar-refractivity contribution < 1.29 is 23.5 Å². The van der Waals surface area contributed by atoms with Crippen LogP contribution in [0.2, 0.25) is 0 Å². The highest BCUT2D eigenvalue weighted by Crippen LogP contribution is 2.44. The fourth-order valence-electron chi connectivity index (χ4n) is 3.88. The van der Waals surface area contributed by atoms with E-state index in [4.69, 9.17) is 11.2 Å². The van der Waals surface area contributed by atoms with E-state index < -0.39 is 5.82 Å². The monoisotopic (exact) mass is 342 g/mol. The van der Waals surface area contributed by atoms with Crippen molar-refractivity contribution in [1.82, 2.24) is 0 Å². The largest absolute Gasteiger partial charge is 0.481 e. The van der Waals surface area contributed by atoms with Gasteiger partial charge in [-0.25, -0.2) is 9.29 Å². The van der Waals surface area contributed by atoms with E-state index in [9.17, 15) is 18.8 Å². The third-order valence-corrected chi connectivity index (χ3v) is 5.05. The predicted molar refractivity (Wildman–Crippen MR) is 86.4 cm³/mol. The van der Waals surface area contributed by atoms with Crippen molar-refractivity contribution in [3.05, 3.63) is 17.9 Å². The second-order valence-electron chi connectivity index (χ2n) is 6.40. The number of nitrogens with zero attached hydrogens (tertiary/aromatic N) is 2. The Morgan fingerprint density at radius 2 is 1.84 bits per heavy atom. The zero-order valence-corrected chi connectivity index (χ0v) is 13.3. The van der Waals surface area contributed by atoms with Crippen molar-refractivity contribution in [3.8, 4) is 18.1 Å².